The molecule has 0 heterocycles. The van der Waals surface area contributed by atoms with Gasteiger partial charge in [-0.05, 0) is 61.2 Å². The molecular weight excluding hydrogens is 300 g/mol. The minimum atomic E-state index is 0.338. The van der Waals surface area contributed by atoms with E-state index in [1.807, 2.05) is 0 Å². The summed E-state index contributed by atoms with van der Waals surface area (Å²) in [5, 5.41) is 7.30. The van der Waals surface area contributed by atoms with Crippen molar-refractivity contribution in [2.45, 2.75) is 45.6 Å². The van der Waals surface area contributed by atoms with Gasteiger partial charge in [0.1, 0.15) is 0 Å². The molecule has 2 N–H and O–H groups in total. The maximum atomic E-state index is 5.41. The summed E-state index contributed by atoms with van der Waals surface area (Å²) in [6.07, 6.45) is 2.11. The molecule has 2 aromatic rings. The second-order valence-corrected chi connectivity index (χ2v) is 6.71. The van der Waals surface area contributed by atoms with E-state index >= 15 is 0 Å². The number of rotatable bonds is 6. The predicted molar refractivity (Wildman–Crippen MR) is 104 cm³/mol. The summed E-state index contributed by atoms with van der Waals surface area (Å²) < 4.78 is 0. The second kappa shape index (κ2) is 8.68. The molecule has 0 saturated carbocycles. The highest BCUT2D eigenvalue weighted by Crippen LogP contribution is 2.17. The summed E-state index contributed by atoms with van der Waals surface area (Å²) in [4.78, 5) is 0. The largest absolute Gasteiger partial charge is 0.360 e. The third-order valence-electron chi connectivity index (χ3n) is 3.92. The average molecular weight is 327 g/mol. The van der Waals surface area contributed by atoms with Crippen LogP contribution in [0.15, 0.2) is 54.6 Å². The first kappa shape index (κ1) is 17.5. The molecule has 3 heteroatoms. The Balaban J connectivity index is 1.77. The van der Waals surface area contributed by atoms with Crippen LogP contribution < -0.4 is 10.6 Å². The number of anilines is 1. The fourth-order valence-corrected chi connectivity index (χ4v) is 2.76. The maximum absolute atomic E-state index is 5.41. The van der Waals surface area contributed by atoms with Crippen LogP contribution in [0.5, 0.6) is 0 Å². The van der Waals surface area contributed by atoms with Gasteiger partial charge < -0.3 is 10.6 Å². The van der Waals surface area contributed by atoms with E-state index in [0.29, 0.717) is 17.1 Å². The molecule has 2 aromatic carbocycles. The number of benzene rings is 2. The van der Waals surface area contributed by atoms with Crippen LogP contribution in [0, 0.1) is 0 Å². The highest BCUT2D eigenvalue weighted by atomic mass is 32.1. The molecule has 0 amide bonds. The van der Waals surface area contributed by atoms with Crippen LogP contribution in [-0.2, 0) is 6.42 Å². The van der Waals surface area contributed by atoms with E-state index in [1.165, 1.54) is 11.1 Å². The zero-order valence-corrected chi connectivity index (χ0v) is 15.0. The van der Waals surface area contributed by atoms with Crippen molar-refractivity contribution >= 4 is 23.0 Å². The zero-order valence-electron chi connectivity index (χ0n) is 14.2. The fourth-order valence-electron chi connectivity index (χ4n) is 2.44. The van der Waals surface area contributed by atoms with Crippen LogP contribution in [0.3, 0.4) is 0 Å². The van der Waals surface area contributed by atoms with E-state index in [-0.39, 0.29) is 0 Å². The molecule has 0 aliphatic carbocycles. The lowest BCUT2D eigenvalue weighted by Gasteiger charge is -2.17. The molecule has 1 unspecified atom stereocenters. The van der Waals surface area contributed by atoms with E-state index < -0.39 is 0 Å². The first-order valence-electron chi connectivity index (χ1n) is 8.26. The lowest BCUT2D eigenvalue weighted by Crippen LogP contribution is -2.36. The van der Waals surface area contributed by atoms with Gasteiger partial charge in [0.05, 0.1) is 0 Å². The molecule has 2 nitrogen and oxygen atoms in total. The average Bonchev–Trinajstić information content (AvgIpc) is 2.54. The lowest BCUT2D eigenvalue weighted by molar-refractivity contribution is 0.609. The van der Waals surface area contributed by atoms with Gasteiger partial charge in [-0.3, -0.25) is 0 Å². The van der Waals surface area contributed by atoms with Crippen LogP contribution in [0.1, 0.15) is 44.2 Å². The van der Waals surface area contributed by atoms with Crippen molar-refractivity contribution in [3.05, 3.63) is 65.7 Å². The minimum Gasteiger partial charge on any atom is -0.360 e. The lowest BCUT2D eigenvalue weighted by atomic mass is 10.0. The fraction of sp³-hybridized carbons (Fsp3) is 0.350. The Morgan fingerprint density at radius 1 is 0.957 bits per heavy atom. The standard InChI is InChI=1S/C20H26N2S/c1-15(2)18-11-13-19(14-12-18)22-20(23)21-16(3)9-10-17-7-5-4-6-8-17/h4-8,11-16H,9-10H2,1-3H3,(H2,21,22,23). The van der Waals surface area contributed by atoms with Crippen molar-refractivity contribution in [2.24, 2.45) is 0 Å². The van der Waals surface area contributed by atoms with Crippen LogP contribution in [0.2, 0.25) is 0 Å². The second-order valence-electron chi connectivity index (χ2n) is 6.30. The summed E-state index contributed by atoms with van der Waals surface area (Å²) in [5.74, 6) is 0.548. The molecule has 0 aliphatic rings. The number of hydrogen-bond acceptors (Lipinski definition) is 1. The van der Waals surface area contributed by atoms with Gasteiger partial charge in [0.25, 0.3) is 0 Å². The summed E-state index contributed by atoms with van der Waals surface area (Å²) >= 11 is 5.41. The van der Waals surface area contributed by atoms with Crippen molar-refractivity contribution in [3.8, 4) is 0 Å². The van der Waals surface area contributed by atoms with Gasteiger partial charge in [0, 0.05) is 11.7 Å². The first-order chi connectivity index (χ1) is 11.0. The van der Waals surface area contributed by atoms with E-state index in [4.69, 9.17) is 12.2 Å². The molecule has 0 bridgehead atoms. The highest BCUT2D eigenvalue weighted by molar-refractivity contribution is 7.80. The van der Waals surface area contributed by atoms with Gasteiger partial charge in [-0.2, -0.15) is 0 Å². The molecular formula is C20H26N2S. The monoisotopic (exact) mass is 326 g/mol. The molecule has 1 atom stereocenters. The van der Waals surface area contributed by atoms with E-state index in [9.17, 15) is 0 Å². The quantitative estimate of drug-likeness (QED) is 0.721. The number of aryl methyl sites for hydroxylation is 1. The molecule has 0 saturated heterocycles. The highest BCUT2D eigenvalue weighted by Gasteiger charge is 2.05. The summed E-state index contributed by atoms with van der Waals surface area (Å²) in [5.41, 5.74) is 3.73. The van der Waals surface area contributed by atoms with Crippen LogP contribution >= 0.6 is 12.2 Å². The SMILES string of the molecule is CC(CCc1ccccc1)NC(=S)Nc1ccc(C(C)C)cc1. The molecule has 0 fully saturated rings. The van der Waals surface area contributed by atoms with Crippen LogP contribution in [-0.4, -0.2) is 11.2 Å². The Kier molecular flexibility index (Phi) is 6.60. The van der Waals surface area contributed by atoms with Crippen molar-refractivity contribution in [1.82, 2.24) is 5.32 Å². The van der Waals surface area contributed by atoms with Gasteiger partial charge >= 0.3 is 0 Å². The van der Waals surface area contributed by atoms with Crippen molar-refractivity contribution in [3.63, 3.8) is 0 Å². The Bertz CT molecular complexity index is 605. The smallest absolute Gasteiger partial charge is 0.170 e. The van der Waals surface area contributed by atoms with E-state index in [1.54, 1.807) is 0 Å². The molecule has 0 aromatic heterocycles. The van der Waals surface area contributed by atoms with Crippen LogP contribution in [0.25, 0.3) is 0 Å². The van der Waals surface area contributed by atoms with Gasteiger partial charge in [-0.25, -0.2) is 0 Å². The van der Waals surface area contributed by atoms with Gasteiger partial charge in [0.2, 0.25) is 0 Å². The van der Waals surface area contributed by atoms with Crippen molar-refractivity contribution < 1.29 is 0 Å². The third-order valence-corrected chi connectivity index (χ3v) is 4.14. The van der Waals surface area contributed by atoms with Crippen LogP contribution in [0.4, 0.5) is 5.69 Å². The third kappa shape index (κ3) is 6.03. The van der Waals surface area contributed by atoms with Gasteiger partial charge in [-0.1, -0.05) is 56.3 Å². The number of hydrogen-bond donors (Lipinski definition) is 2. The first-order valence-corrected chi connectivity index (χ1v) is 8.67. The molecule has 23 heavy (non-hydrogen) atoms. The Morgan fingerprint density at radius 3 is 2.22 bits per heavy atom. The molecule has 0 spiro atoms. The summed E-state index contributed by atoms with van der Waals surface area (Å²) in [6, 6.07) is 19.3. The van der Waals surface area contributed by atoms with E-state index in [0.717, 1.165) is 18.5 Å². The number of thiocarbonyl (C=S) groups is 1. The molecule has 0 aliphatic heterocycles. The molecule has 122 valence electrons. The Labute approximate surface area is 145 Å². The molecule has 0 radical (unpaired) electrons. The number of nitrogens with one attached hydrogen (secondary N) is 2. The van der Waals surface area contributed by atoms with Gasteiger partial charge in [0.15, 0.2) is 5.11 Å². The minimum absolute atomic E-state index is 0.338. The predicted octanol–water partition coefficient (Wildman–Crippen LogP) is 5.12. The summed E-state index contributed by atoms with van der Waals surface area (Å²) in [7, 11) is 0. The Hall–Kier alpha value is -1.87. The zero-order chi connectivity index (χ0) is 16.7. The maximum Gasteiger partial charge on any atom is 0.170 e. The Morgan fingerprint density at radius 2 is 1.61 bits per heavy atom. The normalized spacial score (nSPS) is 12.0. The summed E-state index contributed by atoms with van der Waals surface area (Å²) in [6.45, 7) is 6.56. The van der Waals surface area contributed by atoms with Crippen molar-refractivity contribution in [1.29, 1.82) is 0 Å². The van der Waals surface area contributed by atoms with Gasteiger partial charge in [-0.15, -0.1) is 0 Å². The van der Waals surface area contributed by atoms with E-state index in [2.05, 4.69) is 86.0 Å². The topological polar surface area (TPSA) is 24.1 Å². The van der Waals surface area contributed by atoms with Crippen molar-refractivity contribution in [2.75, 3.05) is 5.32 Å². The molecule has 2 rings (SSSR count).